The maximum absolute atomic E-state index is 12.9. The Bertz CT molecular complexity index is 490. The van der Waals surface area contributed by atoms with Gasteiger partial charge < -0.3 is 9.05 Å². The molecule has 0 radical (unpaired) electrons. The van der Waals surface area contributed by atoms with Gasteiger partial charge in [0.1, 0.15) is 0 Å². The van der Waals surface area contributed by atoms with E-state index in [0.29, 0.717) is 13.2 Å². The summed E-state index contributed by atoms with van der Waals surface area (Å²) < 4.78 is 23.8. The van der Waals surface area contributed by atoms with Crippen LogP contribution in [0.1, 0.15) is 26.3 Å². The van der Waals surface area contributed by atoms with Gasteiger partial charge in [-0.25, -0.2) is 0 Å². The van der Waals surface area contributed by atoms with Gasteiger partial charge in [0.05, 0.1) is 18.9 Å². The third-order valence-electron chi connectivity index (χ3n) is 2.95. The topological polar surface area (TPSA) is 47.9 Å². The van der Waals surface area contributed by atoms with Crippen molar-refractivity contribution in [1.29, 1.82) is 0 Å². The lowest BCUT2D eigenvalue weighted by Crippen LogP contribution is -2.19. The van der Waals surface area contributed by atoms with Crippen LogP contribution in [0.2, 0.25) is 0 Å². The normalized spacial score (nSPS) is 22.7. The second kappa shape index (κ2) is 4.96. The summed E-state index contributed by atoms with van der Waals surface area (Å²) in [6.45, 7) is 6.16. The van der Waals surface area contributed by atoms with E-state index in [9.17, 15) is 4.57 Å². The lowest BCUT2D eigenvalue weighted by atomic mass is 10.1. The summed E-state index contributed by atoms with van der Waals surface area (Å²) in [4.78, 5) is 4.37. The first-order valence-electron chi connectivity index (χ1n) is 6.12. The molecule has 0 fully saturated rings. The Kier molecular flexibility index (Phi) is 3.71. The van der Waals surface area contributed by atoms with E-state index in [1.807, 2.05) is 51.1 Å². The van der Waals surface area contributed by atoms with E-state index in [4.69, 9.17) is 9.05 Å². The van der Waals surface area contributed by atoms with Crippen LogP contribution in [0.15, 0.2) is 35.3 Å². The molecule has 0 saturated carbocycles. The van der Waals surface area contributed by atoms with Gasteiger partial charge in [0.15, 0.2) is 0 Å². The van der Waals surface area contributed by atoms with E-state index in [0.717, 1.165) is 11.3 Å². The number of rotatable bonds is 6. The summed E-state index contributed by atoms with van der Waals surface area (Å²) in [6, 6.07) is 9.54. The van der Waals surface area contributed by atoms with Gasteiger partial charge in [-0.15, -0.1) is 0 Å². The monoisotopic (exact) mass is 267 g/mol. The third-order valence-corrected chi connectivity index (χ3v) is 5.63. The fourth-order valence-corrected chi connectivity index (χ4v) is 4.40. The number of aliphatic imine (C=N–C) groups is 1. The lowest BCUT2D eigenvalue weighted by Gasteiger charge is -2.25. The summed E-state index contributed by atoms with van der Waals surface area (Å²) in [6.07, 6.45) is 0. The van der Waals surface area contributed by atoms with Crippen LogP contribution in [-0.2, 0) is 18.9 Å². The Morgan fingerprint density at radius 1 is 1.17 bits per heavy atom. The highest BCUT2D eigenvalue weighted by Gasteiger charge is 2.62. The van der Waals surface area contributed by atoms with Crippen molar-refractivity contribution in [2.24, 2.45) is 4.99 Å². The molecule has 1 heterocycles. The zero-order chi connectivity index (χ0) is 13.2. The van der Waals surface area contributed by atoms with Gasteiger partial charge in [0.2, 0.25) is 5.28 Å². The van der Waals surface area contributed by atoms with Crippen LogP contribution < -0.4 is 0 Å². The molecule has 1 aliphatic rings. The van der Waals surface area contributed by atoms with E-state index < -0.39 is 12.9 Å². The molecule has 0 aliphatic carbocycles. The van der Waals surface area contributed by atoms with Crippen LogP contribution in [-0.4, -0.2) is 18.9 Å². The molecule has 4 nitrogen and oxygen atoms in total. The maximum atomic E-state index is 12.9. The summed E-state index contributed by atoms with van der Waals surface area (Å²) in [7, 11) is -3.29. The molecule has 0 bridgehead atoms. The fraction of sp³-hybridized carbons (Fsp3) is 0.462. The molecular weight excluding hydrogens is 249 g/mol. The predicted molar refractivity (Wildman–Crippen MR) is 72.1 cm³/mol. The van der Waals surface area contributed by atoms with Crippen molar-refractivity contribution in [2.45, 2.75) is 26.1 Å². The summed E-state index contributed by atoms with van der Waals surface area (Å²) in [5.74, 6) is 0. The predicted octanol–water partition coefficient (Wildman–Crippen LogP) is 3.58. The smallest absolute Gasteiger partial charge is 0.307 e. The van der Waals surface area contributed by atoms with Gasteiger partial charge in [-0.3, -0.25) is 9.56 Å². The molecule has 1 unspecified atom stereocenters. The van der Waals surface area contributed by atoms with E-state index in [-0.39, 0.29) is 0 Å². The minimum Gasteiger partial charge on any atom is -0.307 e. The highest BCUT2D eigenvalue weighted by Crippen LogP contribution is 2.71. The number of hydrogen-bond acceptors (Lipinski definition) is 4. The lowest BCUT2D eigenvalue weighted by molar-refractivity contribution is 0.210. The van der Waals surface area contributed by atoms with Crippen LogP contribution >= 0.6 is 7.60 Å². The standard InChI is InChI=1S/C13H18NO3P/c1-4-16-18(15,17-5-2)13(11(3)14-13)12-9-7-6-8-10-12/h6-10H,4-5H2,1-3H3. The summed E-state index contributed by atoms with van der Waals surface area (Å²) in [5.41, 5.74) is 1.67. The summed E-state index contributed by atoms with van der Waals surface area (Å²) >= 11 is 0. The first-order valence-corrected chi connectivity index (χ1v) is 7.66. The Labute approximate surface area is 108 Å². The SMILES string of the molecule is CCOP(=O)(OCC)C1(c2ccccc2)N=C1C. The number of benzene rings is 1. The molecule has 0 saturated heterocycles. The quantitative estimate of drug-likeness (QED) is 0.740. The molecule has 2 rings (SSSR count). The largest absolute Gasteiger partial charge is 0.368 e. The zero-order valence-corrected chi connectivity index (χ0v) is 11.8. The van der Waals surface area contributed by atoms with Crippen molar-refractivity contribution in [3.63, 3.8) is 0 Å². The molecule has 0 aromatic heterocycles. The van der Waals surface area contributed by atoms with Gasteiger partial charge in [0, 0.05) is 0 Å². The van der Waals surface area contributed by atoms with Crippen molar-refractivity contribution >= 4 is 13.3 Å². The molecule has 1 aromatic rings. The van der Waals surface area contributed by atoms with Crippen LogP contribution in [0.25, 0.3) is 0 Å². The van der Waals surface area contributed by atoms with E-state index >= 15 is 0 Å². The molecule has 1 atom stereocenters. The maximum Gasteiger partial charge on any atom is 0.368 e. The zero-order valence-electron chi connectivity index (χ0n) is 10.9. The Hall–Kier alpha value is -0.960. The van der Waals surface area contributed by atoms with Crippen molar-refractivity contribution in [3.05, 3.63) is 35.9 Å². The highest BCUT2D eigenvalue weighted by molar-refractivity contribution is 7.57. The minimum atomic E-state index is -3.29. The Balaban J connectivity index is 2.41. The van der Waals surface area contributed by atoms with Crippen LogP contribution in [0.5, 0.6) is 0 Å². The van der Waals surface area contributed by atoms with Crippen molar-refractivity contribution in [1.82, 2.24) is 0 Å². The van der Waals surface area contributed by atoms with Crippen LogP contribution in [0, 0.1) is 0 Å². The molecule has 0 N–H and O–H groups in total. The van der Waals surface area contributed by atoms with Gasteiger partial charge in [-0.1, -0.05) is 30.3 Å². The molecule has 1 aliphatic heterocycles. The molecular formula is C13H18NO3P. The number of nitrogens with zero attached hydrogens (tertiary/aromatic N) is 1. The second-order valence-electron chi connectivity index (χ2n) is 4.07. The first kappa shape index (κ1) is 13.5. The average Bonchev–Trinajstić information content (AvgIpc) is 3.05. The Morgan fingerprint density at radius 3 is 2.06 bits per heavy atom. The van der Waals surface area contributed by atoms with Crippen molar-refractivity contribution < 1.29 is 13.6 Å². The van der Waals surface area contributed by atoms with Gasteiger partial charge in [-0.2, -0.15) is 0 Å². The molecule has 0 amide bonds. The van der Waals surface area contributed by atoms with Gasteiger partial charge in [-0.05, 0) is 26.3 Å². The fourth-order valence-electron chi connectivity index (χ4n) is 2.14. The highest BCUT2D eigenvalue weighted by atomic mass is 31.2. The van der Waals surface area contributed by atoms with E-state index in [1.54, 1.807) is 0 Å². The second-order valence-corrected chi connectivity index (χ2v) is 6.23. The van der Waals surface area contributed by atoms with E-state index in [2.05, 4.69) is 4.99 Å². The number of hydrogen-bond donors (Lipinski definition) is 0. The Morgan fingerprint density at radius 2 is 1.67 bits per heavy atom. The minimum absolute atomic E-state index is 0.342. The molecule has 1 aromatic carbocycles. The van der Waals surface area contributed by atoms with E-state index in [1.165, 1.54) is 0 Å². The van der Waals surface area contributed by atoms with Crippen LogP contribution in [0.3, 0.4) is 0 Å². The van der Waals surface area contributed by atoms with Gasteiger partial charge >= 0.3 is 7.60 Å². The van der Waals surface area contributed by atoms with Gasteiger partial charge in [0.25, 0.3) is 0 Å². The van der Waals surface area contributed by atoms with Crippen molar-refractivity contribution in [3.8, 4) is 0 Å². The van der Waals surface area contributed by atoms with Crippen LogP contribution in [0.4, 0.5) is 0 Å². The molecule has 5 heteroatoms. The molecule has 98 valence electrons. The first-order chi connectivity index (χ1) is 8.60. The summed E-state index contributed by atoms with van der Waals surface area (Å²) in [5, 5.41) is -0.889. The average molecular weight is 267 g/mol. The molecule has 0 spiro atoms. The third kappa shape index (κ3) is 1.95. The molecule has 18 heavy (non-hydrogen) atoms. The van der Waals surface area contributed by atoms with Crippen molar-refractivity contribution in [2.75, 3.05) is 13.2 Å².